The molecule has 0 spiro atoms. The number of nitrogens with zero attached hydrogens (tertiary/aromatic N) is 4. The van der Waals surface area contributed by atoms with Crippen LogP contribution in [-0.4, -0.2) is 65.9 Å². The third-order valence-corrected chi connectivity index (χ3v) is 5.96. The van der Waals surface area contributed by atoms with Crippen LogP contribution in [-0.2, 0) is 4.74 Å². The molecule has 2 aromatic heterocycles. The monoisotopic (exact) mass is 450 g/mol. The molecule has 0 saturated carbocycles. The Labute approximate surface area is 195 Å². The Kier molecular flexibility index (Phi) is 7.47. The summed E-state index contributed by atoms with van der Waals surface area (Å²) in [6.45, 7) is 13.9. The van der Waals surface area contributed by atoms with E-state index >= 15 is 0 Å². The number of fused-ring (bicyclic) bond motifs is 1. The van der Waals surface area contributed by atoms with Gasteiger partial charge in [-0.3, -0.25) is 4.90 Å². The number of hydrogen-bond acceptors (Lipinski definition) is 7. The van der Waals surface area contributed by atoms with Crippen molar-refractivity contribution < 1.29 is 9.47 Å². The number of aromatic amines is 1. The number of anilines is 3. The minimum Gasteiger partial charge on any atom is -0.476 e. The molecule has 4 rings (SSSR count). The highest BCUT2D eigenvalue weighted by Crippen LogP contribution is 2.27. The van der Waals surface area contributed by atoms with Crippen LogP contribution >= 0.6 is 0 Å². The number of morpholine rings is 1. The summed E-state index contributed by atoms with van der Waals surface area (Å²) in [5, 5.41) is 4.66. The summed E-state index contributed by atoms with van der Waals surface area (Å²) in [7, 11) is 0. The maximum Gasteiger partial charge on any atom is 0.234 e. The first-order valence-corrected chi connectivity index (χ1v) is 11.6. The molecule has 8 heteroatoms. The van der Waals surface area contributed by atoms with E-state index in [-0.39, 0.29) is 0 Å². The van der Waals surface area contributed by atoms with Crippen LogP contribution in [0.15, 0.2) is 36.5 Å². The first-order chi connectivity index (χ1) is 16.1. The maximum atomic E-state index is 6.06. The Bertz CT molecular complexity index is 1100. The smallest absolute Gasteiger partial charge is 0.234 e. The van der Waals surface area contributed by atoms with Gasteiger partial charge in [0.2, 0.25) is 11.8 Å². The van der Waals surface area contributed by atoms with Crippen LogP contribution in [0.3, 0.4) is 0 Å². The van der Waals surface area contributed by atoms with Crippen molar-refractivity contribution in [1.82, 2.24) is 19.9 Å². The Hall–Kier alpha value is -3.10. The molecule has 0 radical (unpaired) electrons. The van der Waals surface area contributed by atoms with Gasteiger partial charge in [0.25, 0.3) is 0 Å². The van der Waals surface area contributed by atoms with E-state index in [9.17, 15) is 0 Å². The molecule has 1 aliphatic heterocycles. The first kappa shape index (κ1) is 23.1. The Morgan fingerprint density at radius 1 is 1.21 bits per heavy atom. The van der Waals surface area contributed by atoms with Crippen LogP contribution in [0.5, 0.6) is 5.88 Å². The van der Waals surface area contributed by atoms with Gasteiger partial charge in [-0.15, -0.1) is 0 Å². The van der Waals surface area contributed by atoms with Crippen LogP contribution in [0.2, 0.25) is 0 Å². The van der Waals surface area contributed by atoms with Crippen molar-refractivity contribution in [3.63, 3.8) is 0 Å². The maximum absolute atomic E-state index is 6.06. The Morgan fingerprint density at radius 3 is 2.79 bits per heavy atom. The normalized spacial score (nSPS) is 14.8. The third kappa shape index (κ3) is 5.64. The molecule has 3 aromatic rings. The lowest BCUT2D eigenvalue weighted by Gasteiger charge is -2.26. The van der Waals surface area contributed by atoms with Gasteiger partial charge in [0.15, 0.2) is 0 Å². The van der Waals surface area contributed by atoms with Gasteiger partial charge in [-0.1, -0.05) is 6.08 Å². The highest BCUT2D eigenvalue weighted by atomic mass is 16.5. The van der Waals surface area contributed by atoms with Crippen molar-refractivity contribution in [2.24, 2.45) is 0 Å². The second-order valence-corrected chi connectivity index (χ2v) is 8.22. The van der Waals surface area contributed by atoms with E-state index in [1.807, 2.05) is 30.2 Å². The van der Waals surface area contributed by atoms with Gasteiger partial charge in [0.05, 0.1) is 13.2 Å². The number of rotatable bonds is 9. The molecule has 0 bridgehead atoms. The van der Waals surface area contributed by atoms with Crippen molar-refractivity contribution in [1.29, 1.82) is 0 Å². The number of ether oxygens (including phenoxy) is 2. The number of allylic oxidation sites excluding steroid dienone is 1. The zero-order valence-electron chi connectivity index (χ0n) is 20.0. The summed E-state index contributed by atoms with van der Waals surface area (Å²) in [5.74, 6) is 1.87. The van der Waals surface area contributed by atoms with E-state index in [2.05, 4.69) is 59.2 Å². The van der Waals surface area contributed by atoms with E-state index in [4.69, 9.17) is 14.5 Å². The molecule has 0 atom stereocenters. The molecule has 8 nitrogen and oxygen atoms in total. The molecule has 0 unspecified atom stereocenters. The SMILES string of the molecule is C/C=C\N(CC)c1nc(Nc2ccc3[nH]c(C)c(C)c3c2)cc(OCCN2CCOCC2)n1. The standard InChI is InChI=1S/C25H34N6O2/c1-5-9-31(6-2)25-28-23(17-24(29-25)33-15-12-30-10-13-32-14-11-30)27-20-7-8-22-21(16-20)18(3)19(4)26-22/h5,7-9,16-17,26H,6,10-15H2,1-4H3,(H,27,28,29)/b9-5-. The first-order valence-electron chi connectivity index (χ1n) is 11.6. The molecule has 3 heterocycles. The fraction of sp³-hybridized carbons (Fsp3) is 0.440. The van der Waals surface area contributed by atoms with Crippen LogP contribution in [0.25, 0.3) is 10.9 Å². The van der Waals surface area contributed by atoms with Crippen LogP contribution < -0.4 is 15.0 Å². The summed E-state index contributed by atoms with van der Waals surface area (Å²) in [5.41, 5.74) is 4.56. The minimum atomic E-state index is 0.563. The molecule has 0 amide bonds. The highest BCUT2D eigenvalue weighted by molar-refractivity contribution is 5.88. The number of nitrogens with one attached hydrogen (secondary N) is 2. The van der Waals surface area contributed by atoms with Crippen LogP contribution in [0.4, 0.5) is 17.5 Å². The summed E-state index contributed by atoms with van der Waals surface area (Å²) in [4.78, 5) is 17.2. The predicted octanol–water partition coefficient (Wildman–Crippen LogP) is 4.39. The number of H-pyrrole nitrogens is 1. The van der Waals surface area contributed by atoms with Gasteiger partial charge in [0, 0.05) is 60.7 Å². The van der Waals surface area contributed by atoms with Gasteiger partial charge in [0.1, 0.15) is 12.4 Å². The third-order valence-electron chi connectivity index (χ3n) is 5.96. The van der Waals surface area contributed by atoms with Crippen molar-refractivity contribution in [2.45, 2.75) is 27.7 Å². The molecule has 176 valence electrons. The Balaban J connectivity index is 1.56. The van der Waals surface area contributed by atoms with E-state index in [1.165, 1.54) is 16.6 Å². The van der Waals surface area contributed by atoms with Crippen LogP contribution in [0, 0.1) is 13.8 Å². The second-order valence-electron chi connectivity index (χ2n) is 8.22. The molecule has 1 aromatic carbocycles. The number of aromatic nitrogens is 3. The van der Waals surface area contributed by atoms with E-state index in [0.717, 1.165) is 50.6 Å². The predicted molar refractivity (Wildman–Crippen MR) is 134 cm³/mol. The quantitative estimate of drug-likeness (QED) is 0.501. The number of benzene rings is 1. The average Bonchev–Trinajstić information content (AvgIpc) is 3.11. The van der Waals surface area contributed by atoms with Gasteiger partial charge in [-0.25, -0.2) is 0 Å². The molecule has 33 heavy (non-hydrogen) atoms. The zero-order valence-corrected chi connectivity index (χ0v) is 20.0. The number of hydrogen-bond donors (Lipinski definition) is 2. The summed E-state index contributed by atoms with van der Waals surface area (Å²) >= 11 is 0. The van der Waals surface area contributed by atoms with Gasteiger partial charge in [-0.2, -0.15) is 9.97 Å². The summed E-state index contributed by atoms with van der Waals surface area (Å²) < 4.78 is 11.5. The van der Waals surface area contributed by atoms with Crippen LogP contribution in [0.1, 0.15) is 25.1 Å². The van der Waals surface area contributed by atoms with Crippen molar-refractivity contribution >= 4 is 28.4 Å². The molecular formula is C25H34N6O2. The molecule has 0 aliphatic carbocycles. The Morgan fingerprint density at radius 2 is 2.03 bits per heavy atom. The molecule has 1 aliphatic rings. The van der Waals surface area contributed by atoms with Gasteiger partial charge < -0.3 is 24.7 Å². The topological polar surface area (TPSA) is 78.5 Å². The molecule has 1 fully saturated rings. The molecule has 2 N–H and O–H groups in total. The van der Waals surface area contributed by atoms with E-state index < -0.39 is 0 Å². The van der Waals surface area contributed by atoms with E-state index in [0.29, 0.717) is 24.3 Å². The minimum absolute atomic E-state index is 0.563. The average molecular weight is 451 g/mol. The summed E-state index contributed by atoms with van der Waals surface area (Å²) in [6.07, 6.45) is 3.96. The zero-order chi connectivity index (χ0) is 23.2. The lowest BCUT2D eigenvalue weighted by atomic mass is 10.1. The van der Waals surface area contributed by atoms with Crippen molar-refractivity contribution in [3.05, 3.63) is 47.8 Å². The number of aryl methyl sites for hydroxylation is 2. The van der Waals surface area contributed by atoms with E-state index in [1.54, 1.807) is 0 Å². The summed E-state index contributed by atoms with van der Waals surface area (Å²) in [6, 6.07) is 8.17. The van der Waals surface area contributed by atoms with Gasteiger partial charge >= 0.3 is 0 Å². The molecule has 1 saturated heterocycles. The lowest BCUT2D eigenvalue weighted by Crippen LogP contribution is -2.38. The molecular weight excluding hydrogens is 416 g/mol. The lowest BCUT2D eigenvalue weighted by molar-refractivity contribution is 0.0320. The second kappa shape index (κ2) is 10.7. The fourth-order valence-electron chi connectivity index (χ4n) is 3.96. The largest absolute Gasteiger partial charge is 0.476 e. The van der Waals surface area contributed by atoms with Crippen molar-refractivity contribution in [2.75, 3.05) is 56.2 Å². The fourth-order valence-corrected chi connectivity index (χ4v) is 3.96. The van der Waals surface area contributed by atoms with Crippen molar-refractivity contribution in [3.8, 4) is 5.88 Å². The van der Waals surface area contributed by atoms with Gasteiger partial charge in [-0.05, 0) is 51.5 Å². The highest BCUT2D eigenvalue weighted by Gasteiger charge is 2.13.